The van der Waals surface area contributed by atoms with E-state index in [1.165, 1.54) is 4.68 Å². The average molecular weight is 421 g/mol. The molecule has 2 N–H and O–H groups in total. The van der Waals surface area contributed by atoms with Crippen LogP contribution >= 0.6 is 0 Å². The summed E-state index contributed by atoms with van der Waals surface area (Å²) in [5, 5.41) is 10.0. The molecule has 2 amide bonds. The van der Waals surface area contributed by atoms with Crippen LogP contribution in [0.4, 0.5) is 5.69 Å². The number of ether oxygens (including phenoxy) is 1. The van der Waals surface area contributed by atoms with Crippen molar-refractivity contribution in [3.05, 3.63) is 71.0 Å². The summed E-state index contributed by atoms with van der Waals surface area (Å²) in [5.74, 6) is -0.520. The Labute approximate surface area is 182 Å². The van der Waals surface area contributed by atoms with Crippen LogP contribution in [0, 0.1) is 13.8 Å². The molecule has 31 heavy (non-hydrogen) atoms. The molecule has 0 spiro atoms. The minimum absolute atomic E-state index is 0.143. The first-order chi connectivity index (χ1) is 14.8. The van der Waals surface area contributed by atoms with Gasteiger partial charge in [0.2, 0.25) is 0 Å². The number of hydrogen-bond acceptors (Lipinski definition) is 4. The van der Waals surface area contributed by atoms with Crippen LogP contribution in [0.15, 0.2) is 48.5 Å². The third-order valence-electron chi connectivity index (χ3n) is 4.87. The number of carbonyl (C=O) groups is 2. The number of aryl methyl sites for hydroxylation is 3. The molecule has 1 atom stereocenters. The summed E-state index contributed by atoms with van der Waals surface area (Å²) >= 11 is 0. The molecule has 0 aliphatic rings. The highest BCUT2D eigenvalue weighted by Gasteiger charge is 2.16. The zero-order valence-corrected chi connectivity index (χ0v) is 18.5. The number of methoxy groups -OCH3 is 1. The standard InChI is InChI=1S/C24H28N4O3/c1-15-6-8-18(9-7-15)19-11-20(23(29)25-17(3)14-31-5)13-21(12-19)26-24(30)22-10-16(2)27-28(22)4/h6-13,17H,14H2,1-5H3,(H,25,29)(H,26,30). The van der Waals surface area contributed by atoms with Crippen LogP contribution in [0.1, 0.15) is 39.0 Å². The lowest BCUT2D eigenvalue weighted by atomic mass is 10.0. The van der Waals surface area contributed by atoms with E-state index in [1.54, 1.807) is 26.3 Å². The van der Waals surface area contributed by atoms with Gasteiger partial charge in [0.05, 0.1) is 12.3 Å². The molecule has 0 saturated carbocycles. The highest BCUT2D eigenvalue weighted by molar-refractivity contribution is 6.05. The van der Waals surface area contributed by atoms with Crippen LogP contribution in [0.3, 0.4) is 0 Å². The Morgan fingerprint density at radius 1 is 1.03 bits per heavy atom. The summed E-state index contributed by atoms with van der Waals surface area (Å²) in [4.78, 5) is 25.6. The predicted molar refractivity (Wildman–Crippen MR) is 121 cm³/mol. The Morgan fingerprint density at radius 3 is 2.35 bits per heavy atom. The number of hydrogen-bond donors (Lipinski definition) is 2. The first kappa shape index (κ1) is 22.2. The third-order valence-corrected chi connectivity index (χ3v) is 4.87. The lowest BCUT2D eigenvalue weighted by Crippen LogP contribution is -2.35. The fraction of sp³-hybridized carbons (Fsp3) is 0.292. The van der Waals surface area contributed by atoms with Crippen molar-refractivity contribution in [1.29, 1.82) is 0 Å². The van der Waals surface area contributed by atoms with Crippen molar-refractivity contribution < 1.29 is 14.3 Å². The Bertz CT molecular complexity index is 1090. The molecule has 0 saturated heterocycles. The molecule has 0 aliphatic heterocycles. The molecule has 0 fully saturated rings. The lowest BCUT2D eigenvalue weighted by Gasteiger charge is -2.15. The molecule has 2 aromatic carbocycles. The first-order valence-electron chi connectivity index (χ1n) is 10.1. The minimum Gasteiger partial charge on any atom is -0.383 e. The van der Waals surface area contributed by atoms with Crippen molar-refractivity contribution in [3.63, 3.8) is 0 Å². The second-order valence-electron chi connectivity index (χ2n) is 7.74. The van der Waals surface area contributed by atoms with E-state index in [4.69, 9.17) is 4.74 Å². The van der Waals surface area contributed by atoms with Crippen molar-refractivity contribution in [2.24, 2.45) is 7.05 Å². The molecule has 162 valence electrons. The maximum atomic E-state index is 12.8. The largest absolute Gasteiger partial charge is 0.383 e. The highest BCUT2D eigenvalue weighted by atomic mass is 16.5. The summed E-state index contributed by atoms with van der Waals surface area (Å²) in [6.45, 7) is 6.14. The number of carbonyl (C=O) groups excluding carboxylic acids is 2. The SMILES string of the molecule is COCC(C)NC(=O)c1cc(NC(=O)c2cc(C)nn2C)cc(-c2ccc(C)cc2)c1. The Kier molecular flexibility index (Phi) is 6.87. The maximum Gasteiger partial charge on any atom is 0.273 e. The third kappa shape index (κ3) is 5.58. The van der Waals surface area contributed by atoms with Gasteiger partial charge in [0, 0.05) is 31.5 Å². The molecule has 7 nitrogen and oxygen atoms in total. The monoisotopic (exact) mass is 420 g/mol. The number of nitrogens with zero attached hydrogens (tertiary/aromatic N) is 2. The Morgan fingerprint density at radius 2 is 1.74 bits per heavy atom. The fourth-order valence-electron chi connectivity index (χ4n) is 3.36. The molecule has 1 heterocycles. The first-order valence-corrected chi connectivity index (χ1v) is 10.1. The van der Waals surface area contributed by atoms with E-state index < -0.39 is 0 Å². The zero-order valence-electron chi connectivity index (χ0n) is 18.5. The van der Waals surface area contributed by atoms with Crippen LogP contribution in [-0.4, -0.2) is 41.4 Å². The van der Waals surface area contributed by atoms with Crippen LogP contribution in [0.2, 0.25) is 0 Å². The van der Waals surface area contributed by atoms with Gasteiger partial charge in [-0.3, -0.25) is 14.3 Å². The number of anilines is 1. The smallest absolute Gasteiger partial charge is 0.273 e. The zero-order chi connectivity index (χ0) is 22.5. The van der Waals surface area contributed by atoms with Crippen molar-refractivity contribution in [2.75, 3.05) is 19.0 Å². The predicted octanol–water partition coefficient (Wildman–Crippen LogP) is 3.72. The van der Waals surface area contributed by atoms with E-state index in [0.717, 1.165) is 22.4 Å². The van der Waals surface area contributed by atoms with Crippen LogP contribution < -0.4 is 10.6 Å². The summed E-state index contributed by atoms with van der Waals surface area (Å²) in [7, 11) is 3.31. The number of rotatable bonds is 7. The molecule has 7 heteroatoms. The van der Waals surface area contributed by atoms with E-state index >= 15 is 0 Å². The van der Waals surface area contributed by atoms with Gasteiger partial charge in [0.1, 0.15) is 5.69 Å². The maximum absolute atomic E-state index is 12.8. The van der Waals surface area contributed by atoms with Gasteiger partial charge in [-0.05, 0) is 56.2 Å². The summed E-state index contributed by atoms with van der Waals surface area (Å²) in [6.07, 6.45) is 0. The van der Waals surface area contributed by atoms with Gasteiger partial charge in [0.25, 0.3) is 11.8 Å². The van der Waals surface area contributed by atoms with Gasteiger partial charge in [0.15, 0.2) is 0 Å². The summed E-state index contributed by atoms with van der Waals surface area (Å²) in [5.41, 5.74) is 5.13. The minimum atomic E-state index is -0.289. The molecule has 0 aliphatic carbocycles. The topological polar surface area (TPSA) is 85.2 Å². The highest BCUT2D eigenvalue weighted by Crippen LogP contribution is 2.26. The van der Waals surface area contributed by atoms with Crippen molar-refractivity contribution in [1.82, 2.24) is 15.1 Å². The molecule has 3 aromatic rings. The van der Waals surface area contributed by atoms with Gasteiger partial charge < -0.3 is 15.4 Å². The average Bonchev–Trinajstić information content (AvgIpc) is 3.06. The number of amides is 2. The fourth-order valence-corrected chi connectivity index (χ4v) is 3.36. The van der Waals surface area contributed by atoms with Gasteiger partial charge in [-0.2, -0.15) is 5.10 Å². The quantitative estimate of drug-likeness (QED) is 0.610. The number of benzene rings is 2. The summed E-state index contributed by atoms with van der Waals surface area (Å²) < 4.78 is 6.64. The molecule has 0 bridgehead atoms. The van der Waals surface area contributed by atoms with E-state index in [9.17, 15) is 9.59 Å². The van der Waals surface area contributed by atoms with Gasteiger partial charge in [-0.15, -0.1) is 0 Å². The molecule has 0 radical (unpaired) electrons. The molecule has 1 unspecified atom stereocenters. The molecule has 1 aromatic heterocycles. The van der Waals surface area contributed by atoms with Gasteiger partial charge in [-0.25, -0.2) is 0 Å². The van der Waals surface area contributed by atoms with E-state index in [-0.39, 0.29) is 17.9 Å². The van der Waals surface area contributed by atoms with E-state index in [1.807, 2.05) is 57.2 Å². The second kappa shape index (κ2) is 9.57. The molecular weight excluding hydrogens is 392 g/mol. The Balaban J connectivity index is 1.96. The number of aromatic nitrogens is 2. The van der Waals surface area contributed by atoms with Gasteiger partial charge in [-0.1, -0.05) is 29.8 Å². The van der Waals surface area contributed by atoms with Crippen molar-refractivity contribution in [3.8, 4) is 11.1 Å². The number of nitrogens with one attached hydrogen (secondary N) is 2. The second-order valence-corrected chi connectivity index (χ2v) is 7.74. The van der Waals surface area contributed by atoms with Crippen LogP contribution in [-0.2, 0) is 11.8 Å². The lowest BCUT2D eigenvalue weighted by molar-refractivity contribution is 0.0904. The van der Waals surface area contributed by atoms with Crippen LogP contribution in [0.25, 0.3) is 11.1 Å². The Hall–Kier alpha value is -3.45. The van der Waals surface area contributed by atoms with E-state index in [2.05, 4.69) is 15.7 Å². The molecule has 3 rings (SSSR count). The normalized spacial score (nSPS) is 11.8. The van der Waals surface area contributed by atoms with Crippen LogP contribution in [0.5, 0.6) is 0 Å². The van der Waals surface area contributed by atoms with Gasteiger partial charge >= 0.3 is 0 Å². The molecular formula is C24H28N4O3. The van der Waals surface area contributed by atoms with Crippen molar-refractivity contribution >= 4 is 17.5 Å². The van der Waals surface area contributed by atoms with E-state index in [0.29, 0.717) is 23.6 Å². The van der Waals surface area contributed by atoms with Crippen molar-refractivity contribution in [2.45, 2.75) is 26.8 Å². The summed E-state index contributed by atoms with van der Waals surface area (Å²) in [6, 6.07) is 15.0.